The monoisotopic (exact) mass is 277 g/mol. The summed E-state index contributed by atoms with van der Waals surface area (Å²) in [5.41, 5.74) is 2.55. The van der Waals surface area contributed by atoms with Crippen LogP contribution in [0.4, 0.5) is 0 Å². The number of thiophene rings is 1. The van der Waals surface area contributed by atoms with Crippen molar-refractivity contribution in [2.75, 3.05) is 20.3 Å². The molecule has 0 N–H and O–H groups in total. The first-order valence-electron chi connectivity index (χ1n) is 6.52. The van der Waals surface area contributed by atoms with Crippen LogP contribution < -0.4 is 0 Å². The van der Waals surface area contributed by atoms with Crippen LogP contribution in [0.5, 0.6) is 0 Å². The Morgan fingerprint density at radius 2 is 2.42 bits per heavy atom. The van der Waals surface area contributed by atoms with Crippen LogP contribution in [0, 0.1) is 0 Å². The summed E-state index contributed by atoms with van der Waals surface area (Å²) in [6.45, 7) is 3.76. The maximum absolute atomic E-state index is 5.37. The van der Waals surface area contributed by atoms with Gasteiger partial charge >= 0.3 is 0 Å². The molecule has 0 amide bonds. The van der Waals surface area contributed by atoms with Crippen molar-refractivity contribution in [3.05, 3.63) is 39.8 Å². The Hall–Kier alpha value is -1.17. The van der Waals surface area contributed by atoms with Gasteiger partial charge in [-0.15, -0.1) is 11.3 Å². The molecule has 102 valence electrons. The number of nitrogens with zero attached hydrogens (tertiary/aromatic N) is 3. The summed E-state index contributed by atoms with van der Waals surface area (Å²) in [6, 6.07) is 4.31. The number of aromatic nitrogens is 2. The zero-order valence-corrected chi connectivity index (χ0v) is 12.2. The van der Waals surface area contributed by atoms with Gasteiger partial charge in [0.05, 0.1) is 12.3 Å². The maximum atomic E-state index is 5.37. The second-order valence-corrected chi connectivity index (χ2v) is 6.14. The largest absolute Gasteiger partial charge is 0.384 e. The summed E-state index contributed by atoms with van der Waals surface area (Å²) in [6.07, 6.45) is 2.14. The standard InChI is InChI=1S/C14H19N3OS/c1-16-8-13-11(10-18-2)6-17(9-14(13)15-16)7-12-4-3-5-19-12/h3-5,8,11H,6-7,9-10H2,1-2H3. The summed E-state index contributed by atoms with van der Waals surface area (Å²) in [5.74, 6) is 0.433. The van der Waals surface area contributed by atoms with E-state index in [4.69, 9.17) is 4.74 Å². The van der Waals surface area contributed by atoms with Crippen LogP contribution in [0.15, 0.2) is 23.7 Å². The molecule has 2 aromatic rings. The molecule has 4 nitrogen and oxygen atoms in total. The summed E-state index contributed by atoms with van der Waals surface area (Å²) < 4.78 is 7.29. The topological polar surface area (TPSA) is 30.3 Å². The number of rotatable bonds is 4. The number of ether oxygens (including phenoxy) is 1. The fraction of sp³-hybridized carbons (Fsp3) is 0.500. The second-order valence-electron chi connectivity index (χ2n) is 5.11. The van der Waals surface area contributed by atoms with Gasteiger partial charge in [0.15, 0.2) is 0 Å². The summed E-state index contributed by atoms with van der Waals surface area (Å²) in [4.78, 5) is 3.88. The molecule has 0 bridgehead atoms. The van der Waals surface area contributed by atoms with Gasteiger partial charge in [-0.1, -0.05) is 6.07 Å². The lowest BCUT2D eigenvalue weighted by atomic mass is 9.96. The molecule has 1 aliphatic heterocycles. The van der Waals surface area contributed by atoms with Crippen molar-refractivity contribution in [1.82, 2.24) is 14.7 Å². The van der Waals surface area contributed by atoms with E-state index in [0.29, 0.717) is 5.92 Å². The van der Waals surface area contributed by atoms with Gasteiger partial charge in [0.2, 0.25) is 0 Å². The highest BCUT2D eigenvalue weighted by molar-refractivity contribution is 7.09. The molecule has 19 heavy (non-hydrogen) atoms. The van der Waals surface area contributed by atoms with Crippen LogP contribution in [-0.2, 0) is 24.9 Å². The first-order valence-corrected chi connectivity index (χ1v) is 7.40. The van der Waals surface area contributed by atoms with Crippen LogP contribution in [0.1, 0.15) is 22.1 Å². The first kappa shape index (κ1) is 12.8. The minimum Gasteiger partial charge on any atom is -0.384 e. The molecule has 1 atom stereocenters. The van der Waals surface area contributed by atoms with Gasteiger partial charge in [0, 0.05) is 56.3 Å². The van der Waals surface area contributed by atoms with E-state index in [2.05, 4.69) is 33.7 Å². The molecule has 3 heterocycles. The van der Waals surface area contributed by atoms with Crippen molar-refractivity contribution in [3.8, 4) is 0 Å². The summed E-state index contributed by atoms with van der Waals surface area (Å²) in [7, 11) is 3.76. The minimum atomic E-state index is 0.433. The minimum absolute atomic E-state index is 0.433. The number of hydrogen-bond donors (Lipinski definition) is 0. The molecule has 0 aliphatic carbocycles. The molecule has 0 saturated carbocycles. The lowest BCUT2D eigenvalue weighted by Crippen LogP contribution is -2.34. The van der Waals surface area contributed by atoms with Gasteiger partial charge < -0.3 is 4.74 Å². The Balaban J connectivity index is 1.79. The molecule has 2 aromatic heterocycles. The van der Waals surface area contributed by atoms with E-state index in [-0.39, 0.29) is 0 Å². The molecule has 3 rings (SSSR count). The van der Waals surface area contributed by atoms with E-state index in [9.17, 15) is 0 Å². The van der Waals surface area contributed by atoms with Crippen molar-refractivity contribution >= 4 is 11.3 Å². The smallest absolute Gasteiger partial charge is 0.0800 e. The van der Waals surface area contributed by atoms with Gasteiger partial charge in [-0.05, 0) is 11.4 Å². The lowest BCUT2D eigenvalue weighted by molar-refractivity contribution is 0.136. The Bertz CT molecular complexity index is 535. The zero-order valence-electron chi connectivity index (χ0n) is 11.4. The third-order valence-corrected chi connectivity index (χ3v) is 4.42. The zero-order chi connectivity index (χ0) is 13.2. The number of fused-ring (bicyclic) bond motifs is 1. The van der Waals surface area contributed by atoms with Gasteiger partial charge in [-0.2, -0.15) is 5.10 Å². The summed E-state index contributed by atoms with van der Waals surface area (Å²) in [5, 5.41) is 6.72. The van der Waals surface area contributed by atoms with Crippen LogP contribution in [0.25, 0.3) is 0 Å². The molecule has 1 unspecified atom stereocenters. The predicted molar refractivity (Wildman–Crippen MR) is 76.3 cm³/mol. The van der Waals surface area contributed by atoms with Crippen molar-refractivity contribution < 1.29 is 4.74 Å². The Morgan fingerprint density at radius 1 is 1.53 bits per heavy atom. The normalized spacial score (nSPS) is 19.6. The third kappa shape index (κ3) is 2.73. The molecule has 0 aromatic carbocycles. The number of hydrogen-bond acceptors (Lipinski definition) is 4. The van der Waals surface area contributed by atoms with Crippen LogP contribution >= 0.6 is 11.3 Å². The average Bonchev–Trinajstić information content (AvgIpc) is 2.98. The molecule has 0 spiro atoms. The SMILES string of the molecule is COCC1CN(Cc2cccs2)Cc2nn(C)cc21. The van der Waals surface area contributed by atoms with E-state index in [0.717, 1.165) is 26.2 Å². The Morgan fingerprint density at radius 3 is 3.16 bits per heavy atom. The highest BCUT2D eigenvalue weighted by Crippen LogP contribution is 2.29. The highest BCUT2D eigenvalue weighted by atomic mass is 32.1. The fourth-order valence-electron chi connectivity index (χ4n) is 2.79. The summed E-state index contributed by atoms with van der Waals surface area (Å²) >= 11 is 1.82. The number of methoxy groups -OCH3 is 1. The van der Waals surface area contributed by atoms with Crippen molar-refractivity contribution in [1.29, 1.82) is 0 Å². The van der Waals surface area contributed by atoms with E-state index in [1.807, 2.05) is 23.1 Å². The van der Waals surface area contributed by atoms with Crippen molar-refractivity contribution in [2.45, 2.75) is 19.0 Å². The quantitative estimate of drug-likeness (QED) is 0.858. The van der Waals surface area contributed by atoms with E-state index >= 15 is 0 Å². The molecule has 0 fully saturated rings. The highest BCUT2D eigenvalue weighted by Gasteiger charge is 2.27. The van der Waals surface area contributed by atoms with Crippen molar-refractivity contribution in [2.24, 2.45) is 7.05 Å². The Kier molecular flexibility index (Phi) is 3.68. The number of aryl methyl sites for hydroxylation is 1. The molecule has 0 saturated heterocycles. The molecule has 0 radical (unpaired) electrons. The molecule has 1 aliphatic rings. The molecular formula is C14H19N3OS. The first-order chi connectivity index (χ1) is 9.26. The van der Waals surface area contributed by atoms with Crippen LogP contribution in [0.2, 0.25) is 0 Å². The van der Waals surface area contributed by atoms with E-state index < -0.39 is 0 Å². The predicted octanol–water partition coefficient (Wildman–Crippen LogP) is 2.23. The van der Waals surface area contributed by atoms with Crippen LogP contribution in [-0.4, -0.2) is 34.9 Å². The van der Waals surface area contributed by atoms with E-state index in [1.54, 1.807) is 7.11 Å². The molecular weight excluding hydrogens is 258 g/mol. The van der Waals surface area contributed by atoms with Gasteiger partial charge in [0.1, 0.15) is 0 Å². The van der Waals surface area contributed by atoms with Gasteiger partial charge in [-0.25, -0.2) is 0 Å². The Labute approximate surface area is 117 Å². The van der Waals surface area contributed by atoms with Gasteiger partial charge in [0.25, 0.3) is 0 Å². The van der Waals surface area contributed by atoms with Crippen LogP contribution in [0.3, 0.4) is 0 Å². The second kappa shape index (κ2) is 5.45. The maximum Gasteiger partial charge on any atom is 0.0800 e. The molecule has 5 heteroatoms. The van der Waals surface area contributed by atoms with Crippen molar-refractivity contribution in [3.63, 3.8) is 0 Å². The third-order valence-electron chi connectivity index (χ3n) is 3.56. The van der Waals surface area contributed by atoms with E-state index in [1.165, 1.54) is 16.1 Å². The lowest BCUT2D eigenvalue weighted by Gasteiger charge is -2.31. The average molecular weight is 277 g/mol. The fourth-order valence-corrected chi connectivity index (χ4v) is 3.54. The van der Waals surface area contributed by atoms with Gasteiger partial charge in [-0.3, -0.25) is 9.58 Å².